The van der Waals surface area contributed by atoms with Gasteiger partial charge < -0.3 is 15.2 Å². The Morgan fingerprint density at radius 3 is 2.58 bits per heavy atom. The Morgan fingerprint density at radius 2 is 1.95 bits per heavy atom. The van der Waals surface area contributed by atoms with E-state index >= 15 is 0 Å². The van der Waals surface area contributed by atoms with Gasteiger partial charge in [-0.1, -0.05) is 0 Å². The molecule has 2 N–H and O–H groups in total. The maximum Gasteiger partial charge on any atom is 0.237 e. The molecular weight excluding hydrogens is 244 g/mol. The number of rotatable bonds is 4. The largest absolute Gasteiger partial charge is 0.480 e. The molecule has 0 spiro atoms. The van der Waals surface area contributed by atoms with Crippen LogP contribution in [0.5, 0.6) is 5.88 Å². The zero-order valence-electron chi connectivity index (χ0n) is 11.8. The van der Waals surface area contributed by atoms with E-state index in [-0.39, 0.29) is 11.6 Å². The van der Waals surface area contributed by atoms with Gasteiger partial charge in [-0.3, -0.25) is 9.88 Å². The number of aromatic nitrogens is 2. The van der Waals surface area contributed by atoms with E-state index in [2.05, 4.69) is 28.7 Å². The molecule has 1 unspecified atom stereocenters. The highest BCUT2D eigenvalue weighted by atomic mass is 16.5. The normalized spacial score (nSPS) is 19.2. The molecule has 0 saturated carbocycles. The van der Waals surface area contributed by atoms with Gasteiger partial charge in [0.15, 0.2) is 0 Å². The maximum atomic E-state index is 6.42. The quantitative estimate of drug-likeness (QED) is 0.860. The van der Waals surface area contributed by atoms with E-state index in [0.717, 1.165) is 26.3 Å². The van der Waals surface area contributed by atoms with Crippen LogP contribution in [0.25, 0.3) is 0 Å². The number of ether oxygens (including phenoxy) is 2. The first-order valence-corrected chi connectivity index (χ1v) is 6.50. The molecule has 1 saturated heterocycles. The molecule has 2 rings (SSSR count). The first-order valence-electron chi connectivity index (χ1n) is 6.50. The van der Waals surface area contributed by atoms with E-state index < -0.39 is 0 Å². The van der Waals surface area contributed by atoms with Gasteiger partial charge in [0, 0.05) is 31.0 Å². The lowest BCUT2D eigenvalue weighted by atomic mass is 9.90. The summed E-state index contributed by atoms with van der Waals surface area (Å²) in [7, 11) is 1.59. The van der Waals surface area contributed by atoms with Crippen LogP contribution in [0.1, 0.15) is 25.6 Å². The highest BCUT2D eigenvalue weighted by Crippen LogP contribution is 2.32. The molecule has 1 aromatic heterocycles. The Morgan fingerprint density at radius 1 is 1.32 bits per heavy atom. The molecule has 0 aliphatic carbocycles. The van der Waals surface area contributed by atoms with Crippen LogP contribution in [-0.4, -0.2) is 53.8 Å². The van der Waals surface area contributed by atoms with E-state index in [1.807, 2.05) is 0 Å². The Hall–Kier alpha value is -1.24. The minimum Gasteiger partial charge on any atom is -0.480 e. The van der Waals surface area contributed by atoms with Crippen molar-refractivity contribution in [2.24, 2.45) is 5.73 Å². The van der Waals surface area contributed by atoms with Crippen LogP contribution in [0.15, 0.2) is 12.4 Å². The molecule has 0 aromatic carbocycles. The number of nitrogens with zero attached hydrogens (tertiary/aromatic N) is 3. The van der Waals surface area contributed by atoms with E-state index in [1.54, 1.807) is 19.5 Å². The van der Waals surface area contributed by atoms with Crippen molar-refractivity contribution in [3.05, 3.63) is 18.1 Å². The first kappa shape index (κ1) is 14.2. The molecule has 0 bridgehead atoms. The second kappa shape index (κ2) is 5.81. The van der Waals surface area contributed by atoms with Crippen molar-refractivity contribution < 1.29 is 9.47 Å². The van der Waals surface area contributed by atoms with Gasteiger partial charge in [0.2, 0.25) is 5.88 Å². The summed E-state index contributed by atoms with van der Waals surface area (Å²) in [6.07, 6.45) is 3.25. The summed E-state index contributed by atoms with van der Waals surface area (Å²) in [5.41, 5.74) is 6.88. The molecule has 1 aliphatic rings. The summed E-state index contributed by atoms with van der Waals surface area (Å²) >= 11 is 0. The summed E-state index contributed by atoms with van der Waals surface area (Å²) in [6, 6.07) is -0.269. The summed E-state index contributed by atoms with van der Waals surface area (Å²) in [4.78, 5) is 10.8. The van der Waals surface area contributed by atoms with Gasteiger partial charge in [-0.05, 0) is 13.8 Å². The van der Waals surface area contributed by atoms with Crippen LogP contribution in [0.2, 0.25) is 0 Å². The fraction of sp³-hybridized carbons (Fsp3) is 0.692. The van der Waals surface area contributed by atoms with E-state index in [9.17, 15) is 0 Å². The standard InChI is InChI=1S/C13H22N4O2/c1-13(2,17-6-8-19-9-7-17)11(14)10-12(18-3)16-5-4-15-10/h4-5,11H,6-9,14H2,1-3H3. The van der Waals surface area contributed by atoms with Crippen molar-refractivity contribution in [2.45, 2.75) is 25.4 Å². The van der Waals surface area contributed by atoms with E-state index in [0.29, 0.717) is 11.6 Å². The molecule has 1 fully saturated rings. The molecule has 19 heavy (non-hydrogen) atoms. The summed E-state index contributed by atoms with van der Waals surface area (Å²) < 4.78 is 10.6. The lowest BCUT2D eigenvalue weighted by Crippen LogP contribution is -2.55. The minimum atomic E-state index is -0.269. The Kier molecular flexibility index (Phi) is 4.34. The number of morpholine rings is 1. The number of hydrogen-bond donors (Lipinski definition) is 1. The third-order valence-corrected chi connectivity index (χ3v) is 3.77. The summed E-state index contributed by atoms with van der Waals surface area (Å²) in [5.74, 6) is 0.497. The lowest BCUT2D eigenvalue weighted by Gasteiger charge is -2.44. The van der Waals surface area contributed by atoms with E-state index in [1.165, 1.54) is 0 Å². The molecule has 106 valence electrons. The van der Waals surface area contributed by atoms with Gasteiger partial charge in [-0.15, -0.1) is 0 Å². The predicted octanol–water partition coefficient (Wildman–Crippen LogP) is 0.596. The number of methoxy groups -OCH3 is 1. The molecule has 1 atom stereocenters. The van der Waals surface area contributed by atoms with Gasteiger partial charge in [-0.25, -0.2) is 4.98 Å². The number of nitrogens with two attached hydrogens (primary N) is 1. The molecule has 1 aromatic rings. The molecular formula is C13H22N4O2. The third-order valence-electron chi connectivity index (χ3n) is 3.77. The predicted molar refractivity (Wildman–Crippen MR) is 72.0 cm³/mol. The van der Waals surface area contributed by atoms with Crippen molar-refractivity contribution in [1.29, 1.82) is 0 Å². The summed E-state index contributed by atoms with van der Waals surface area (Å²) in [6.45, 7) is 7.49. The third kappa shape index (κ3) is 2.86. The molecule has 6 heteroatoms. The van der Waals surface area contributed by atoms with Crippen molar-refractivity contribution >= 4 is 0 Å². The Labute approximate surface area is 113 Å². The van der Waals surface area contributed by atoms with Gasteiger partial charge in [-0.2, -0.15) is 0 Å². The highest BCUT2D eigenvalue weighted by molar-refractivity contribution is 5.24. The van der Waals surface area contributed by atoms with Crippen LogP contribution in [0, 0.1) is 0 Å². The van der Waals surface area contributed by atoms with Gasteiger partial charge in [0.05, 0.1) is 26.4 Å². The van der Waals surface area contributed by atoms with Crippen LogP contribution in [0.4, 0.5) is 0 Å². The van der Waals surface area contributed by atoms with Crippen molar-refractivity contribution in [2.75, 3.05) is 33.4 Å². The zero-order valence-corrected chi connectivity index (χ0v) is 11.8. The van der Waals surface area contributed by atoms with Crippen molar-refractivity contribution in [3.8, 4) is 5.88 Å². The fourth-order valence-corrected chi connectivity index (χ4v) is 2.38. The Balaban J connectivity index is 2.23. The van der Waals surface area contributed by atoms with Crippen molar-refractivity contribution in [1.82, 2.24) is 14.9 Å². The van der Waals surface area contributed by atoms with Crippen LogP contribution >= 0.6 is 0 Å². The van der Waals surface area contributed by atoms with Crippen LogP contribution in [-0.2, 0) is 4.74 Å². The van der Waals surface area contributed by atoms with Crippen molar-refractivity contribution in [3.63, 3.8) is 0 Å². The highest BCUT2D eigenvalue weighted by Gasteiger charge is 2.37. The van der Waals surface area contributed by atoms with Crippen LogP contribution in [0.3, 0.4) is 0 Å². The van der Waals surface area contributed by atoms with Crippen LogP contribution < -0.4 is 10.5 Å². The average molecular weight is 266 g/mol. The van der Waals surface area contributed by atoms with E-state index in [4.69, 9.17) is 15.2 Å². The lowest BCUT2D eigenvalue weighted by molar-refractivity contribution is -0.0198. The van der Waals surface area contributed by atoms with Gasteiger partial charge in [0.1, 0.15) is 5.69 Å². The molecule has 1 aliphatic heterocycles. The zero-order chi connectivity index (χ0) is 13.9. The fourth-order valence-electron chi connectivity index (χ4n) is 2.38. The molecule has 6 nitrogen and oxygen atoms in total. The molecule has 0 amide bonds. The first-order chi connectivity index (χ1) is 9.07. The van der Waals surface area contributed by atoms with Gasteiger partial charge in [0.25, 0.3) is 0 Å². The molecule has 0 radical (unpaired) electrons. The second-order valence-electron chi connectivity index (χ2n) is 5.18. The monoisotopic (exact) mass is 266 g/mol. The Bertz CT molecular complexity index is 419. The number of hydrogen-bond acceptors (Lipinski definition) is 6. The average Bonchev–Trinajstić information content (AvgIpc) is 2.47. The van der Waals surface area contributed by atoms with Gasteiger partial charge >= 0.3 is 0 Å². The topological polar surface area (TPSA) is 73.5 Å². The SMILES string of the molecule is COc1nccnc1C(N)C(C)(C)N1CCOCC1. The minimum absolute atomic E-state index is 0.229. The second-order valence-corrected chi connectivity index (χ2v) is 5.18. The smallest absolute Gasteiger partial charge is 0.237 e. The molecule has 2 heterocycles. The maximum absolute atomic E-state index is 6.42. The summed E-state index contributed by atoms with van der Waals surface area (Å²) in [5, 5.41) is 0.